The van der Waals surface area contributed by atoms with Gasteiger partial charge in [0.15, 0.2) is 6.61 Å². The number of carbonyl (C=O) groups is 3. The van der Waals surface area contributed by atoms with Crippen molar-refractivity contribution in [2.45, 2.75) is 19.3 Å². The maximum atomic E-state index is 12.2. The number of rotatable bonds is 6. The van der Waals surface area contributed by atoms with Crippen LogP contribution in [0.4, 0.5) is 10.5 Å². The number of anilines is 1. The van der Waals surface area contributed by atoms with Crippen molar-refractivity contribution >= 4 is 23.6 Å². The molecule has 1 fully saturated rings. The number of hydrogen-bond donors (Lipinski definition) is 2. The molecule has 1 saturated heterocycles. The number of urea groups is 1. The second-order valence-corrected chi connectivity index (χ2v) is 5.92. The first-order valence-electron chi connectivity index (χ1n) is 8.51. The molecule has 1 aromatic carbocycles. The van der Waals surface area contributed by atoms with Crippen molar-refractivity contribution in [3.8, 4) is 6.07 Å². The van der Waals surface area contributed by atoms with Crippen LogP contribution in [-0.2, 0) is 14.3 Å². The topological polar surface area (TPSA) is 112 Å². The van der Waals surface area contributed by atoms with Gasteiger partial charge in [-0.3, -0.25) is 9.59 Å². The molecule has 1 heterocycles. The zero-order valence-corrected chi connectivity index (χ0v) is 14.4. The van der Waals surface area contributed by atoms with Gasteiger partial charge in [-0.2, -0.15) is 5.26 Å². The highest BCUT2D eigenvalue weighted by Gasteiger charge is 2.28. The van der Waals surface area contributed by atoms with E-state index in [1.807, 2.05) is 36.4 Å². The van der Waals surface area contributed by atoms with E-state index in [-0.39, 0.29) is 31.5 Å². The lowest BCUT2D eigenvalue weighted by atomic mass is 9.97. The fourth-order valence-electron chi connectivity index (χ4n) is 2.61. The van der Waals surface area contributed by atoms with Gasteiger partial charge in [-0.15, -0.1) is 0 Å². The summed E-state index contributed by atoms with van der Waals surface area (Å²) in [5, 5.41) is 13.7. The Balaban J connectivity index is 1.68. The minimum absolute atomic E-state index is 0.195. The van der Waals surface area contributed by atoms with E-state index in [1.165, 1.54) is 0 Å². The number of esters is 1. The van der Waals surface area contributed by atoms with E-state index in [0.29, 0.717) is 25.9 Å². The summed E-state index contributed by atoms with van der Waals surface area (Å²) in [6, 6.07) is 10.9. The third-order valence-electron chi connectivity index (χ3n) is 4.05. The van der Waals surface area contributed by atoms with E-state index in [4.69, 9.17) is 10.00 Å². The summed E-state index contributed by atoms with van der Waals surface area (Å²) in [5.74, 6) is -1.17. The molecule has 1 aromatic rings. The van der Waals surface area contributed by atoms with Gasteiger partial charge in [-0.05, 0) is 25.0 Å². The van der Waals surface area contributed by atoms with Gasteiger partial charge in [0.25, 0.3) is 5.91 Å². The number of likely N-dealkylation sites (tertiary alicyclic amines) is 1. The zero-order valence-electron chi connectivity index (χ0n) is 14.4. The van der Waals surface area contributed by atoms with Crippen molar-refractivity contribution in [3.63, 3.8) is 0 Å². The van der Waals surface area contributed by atoms with Crippen molar-refractivity contribution < 1.29 is 19.1 Å². The van der Waals surface area contributed by atoms with Crippen LogP contribution in [0.15, 0.2) is 30.3 Å². The maximum Gasteiger partial charge on any atom is 0.321 e. The molecule has 3 amide bonds. The fraction of sp³-hybridized carbons (Fsp3) is 0.444. The van der Waals surface area contributed by atoms with Crippen LogP contribution >= 0.6 is 0 Å². The van der Waals surface area contributed by atoms with Crippen LogP contribution in [0.3, 0.4) is 0 Å². The highest BCUT2D eigenvalue weighted by molar-refractivity contribution is 5.89. The molecule has 1 aliphatic rings. The number of nitriles is 1. The van der Waals surface area contributed by atoms with Gasteiger partial charge in [-0.1, -0.05) is 18.2 Å². The van der Waals surface area contributed by atoms with Crippen LogP contribution in [0.5, 0.6) is 0 Å². The first-order valence-corrected chi connectivity index (χ1v) is 8.51. The minimum atomic E-state index is -0.427. The Morgan fingerprint density at radius 3 is 2.54 bits per heavy atom. The minimum Gasteiger partial charge on any atom is -0.455 e. The molecule has 138 valence electrons. The summed E-state index contributed by atoms with van der Waals surface area (Å²) in [4.78, 5) is 37.4. The summed E-state index contributed by atoms with van der Waals surface area (Å²) in [7, 11) is 0. The lowest BCUT2D eigenvalue weighted by Gasteiger charge is -2.30. The predicted molar refractivity (Wildman–Crippen MR) is 94.0 cm³/mol. The number of carbonyl (C=O) groups excluding carboxylic acids is 3. The largest absolute Gasteiger partial charge is 0.455 e. The van der Waals surface area contributed by atoms with Gasteiger partial charge in [-0.25, -0.2) is 4.79 Å². The molecule has 0 saturated carbocycles. The average molecular weight is 358 g/mol. The number of nitrogens with zero attached hydrogens (tertiary/aromatic N) is 2. The normalized spacial score (nSPS) is 14.2. The molecule has 2 N–H and O–H groups in total. The van der Waals surface area contributed by atoms with E-state index in [9.17, 15) is 14.4 Å². The van der Waals surface area contributed by atoms with E-state index >= 15 is 0 Å². The molecular formula is C18H22N4O4. The van der Waals surface area contributed by atoms with Gasteiger partial charge in [0.05, 0.1) is 18.4 Å². The van der Waals surface area contributed by atoms with Gasteiger partial charge < -0.3 is 20.3 Å². The van der Waals surface area contributed by atoms with Gasteiger partial charge in [0, 0.05) is 25.3 Å². The molecular weight excluding hydrogens is 336 g/mol. The van der Waals surface area contributed by atoms with E-state index in [0.717, 1.165) is 5.69 Å². The fourth-order valence-corrected chi connectivity index (χ4v) is 2.61. The molecule has 0 aromatic heterocycles. The predicted octanol–water partition coefficient (Wildman–Crippen LogP) is 1.50. The van der Waals surface area contributed by atoms with Crippen LogP contribution in [-0.4, -0.2) is 49.0 Å². The third-order valence-corrected chi connectivity index (χ3v) is 4.05. The molecule has 8 nitrogen and oxygen atoms in total. The van der Waals surface area contributed by atoms with Gasteiger partial charge in [0.1, 0.15) is 0 Å². The summed E-state index contributed by atoms with van der Waals surface area (Å²) in [6.07, 6.45) is 1.21. The molecule has 1 aliphatic heterocycles. The van der Waals surface area contributed by atoms with Crippen molar-refractivity contribution in [1.29, 1.82) is 5.26 Å². The molecule has 26 heavy (non-hydrogen) atoms. The van der Waals surface area contributed by atoms with E-state index in [2.05, 4.69) is 10.6 Å². The molecule has 0 radical (unpaired) electrons. The lowest BCUT2D eigenvalue weighted by Crippen LogP contribution is -2.43. The Morgan fingerprint density at radius 2 is 1.88 bits per heavy atom. The standard InChI is InChI=1S/C18H22N4O4/c19-9-4-10-20-16(23)13-26-17(24)14-7-11-22(12-8-14)18(25)21-15-5-2-1-3-6-15/h1-3,5-6,14H,4,7-8,10-13H2,(H,20,23)(H,21,25). The SMILES string of the molecule is N#CCCNC(=O)COC(=O)C1CCN(C(=O)Nc2ccccc2)CC1. The second-order valence-electron chi connectivity index (χ2n) is 5.92. The number of benzene rings is 1. The number of ether oxygens (including phenoxy) is 1. The quantitative estimate of drug-likeness (QED) is 0.591. The summed E-state index contributed by atoms with van der Waals surface area (Å²) < 4.78 is 5.01. The van der Waals surface area contributed by atoms with Gasteiger partial charge in [0.2, 0.25) is 0 Å². The highest BCUT2D eigenvalue weighted by Crippen LogP contribution is 2.19. The Bertz CT molecular complexity index is 664. The van der Waals surface area contributed by atoms with Crippen LogP contribution in [0.2, 0.25) is 0 Å². The molecule has 0 aliphatic carbocycles. The van der Waals surface area contributed by atoms with Crippen molar-refractivity contribution in [3.05, 3.63) is 30.3 Å². The number of hydrogen-bond acceptors (Lipinski definition) is 5. The summed E-state index contributed by atoms with van der Waals surface area (Å²) >= 11 is 0. The Morgan fingerprint density at radius 1 is 1.19 bits per heavy atom. The van der Waals surface area contributed by atoms with Crippen molar-refractivity contribution in [1.82, 2.24) is 10.2 Å². The van der Waals surface area contributed by atoms with Crippen molar-refractivity contribution in [2.75, 3.05) is 31.6 Å². The number of amides is 3. The van der Waals surface area contributed by atoms with E-state index in [1.54, 1.807) is 4.90 Å². The number of nitrogens with one attached hydrogen (secondary N) is 2. The van der Waals surface area contributed by atoms with Crippen LogP contribution in [0.1, 0.15) is 19.3 Å². The molecule has 0 bridgehead atoms. The Kier molecular flexibility index (Phi) is 7.43. The van der Waals surface area contributed by atoms with Crippen LogP contribution in [0.25, 0.3) is 0 Å². The Labute approximate surface area is 152 Å². The molecule has 0 unspecified atom stereocenters. The second kappa shape index (κ2) is 10.0. The van der Waals surface area contributed by atoms with Crippen molar-refractivity contribution in [2.24, 2.45) is 5.92 Å². The molecule has 0 atom stereocenters. The van der Waals surface area contributed by atoms with Gasteiger partial charge >= 0.3 is 12.0 Å². The maximum absolute atomic E-state index is 12.2. The van der Waals surface area contributed by atoms with Crippen LogP contribution in [0, 0.1) is 17.2 Å². The number of para-hydroxylation sites is 1. The highest BCUT2D eigenvalue weighted by atomic mass is 16.5. The lowest BCUT2D eigenvalue weighted by molar-refractivity contribution is -0.153. The molecule has 2 rings (SSSR count). The number of piperidine rings is 1. The van der Waals surface area contributed by atoms with Crippen LogP contribution < -0.4 is 10.6 Å². The molecule has 0 spiro atoms. The Hall–Kier alpha value is -3.08. The summed E-state index contributed by atoms with van der Waals surface area (Å²) in [6.45, 7) is 0.792. The first kappa shape index (κ1) is 19.2. The average Bonchev–Trinajstić information content (AvgIpc) is 2.67. The molecule has 8 heteroatoms. The smallest absolute Gasteiger partial charge is 0.321 e. The summed E-state index contributed by atoms with van der Waals surface area (Å²) in [5.41, 5.74) is 0.724. The third kappa shape index (κ3) is 6.09. The first-order chi connectivity index (χ1) is 12.6. The van der Waals surface area contributed by atoms with E-state index < -0.39 is 11.9 Å². The zero-order chi connectivity index (χ0) is 18.8. The monoisotopic (exact) mass is 358 g/mol.